The van der Waals surface area contributed by atoms with Gasteiger partial charge in [0.2, 0.25) is 5.91 Å². The minimum atomic E-state index is -0.674. The van der Waals surface area contributed by atoms with Crippen LogP contribution in [0.25, 0.3) is 0 Å². The normalized spacial score (nSPS) is 26.4. The maximum Gasteiger partial charge on any atom is 0.243 e. The Hall–Kier alpha value is -1.08. The third kappa shape index (κ3) is 2.61. The minimum absolute atomic E-state index is 0.0322. The quantitative estimate of drug-likeness (QED) is 0.746. The molecular weight excluding hydrogens is 216 g/mol. The van der Waals surface area contributed by atoms with Crippen LogP contribution >= 0.6 is 0 Å². The van der Waals surface area contributed by atoms with Crippen molar-refractivity contribution in [3.63, 3.8) is 0 Å². The van der Waals surface area contributed by atoms with Gasteiger partial charge >= 0.3 is 0 Å². The molecule has 17 heavy (non-hydrogen) atoms. The Morgan fingerprint density at radius 2 is 2.35 bits per heavy atom. The van der Waals surface area contributed by atoms with Crippen molar-refractivity contribution in [2.45, 2.75) is 45.1 Å². The monoisotopic (exact) mass is 236 g/mol. The SMILES string of the molecule is CCCOC1CCCN(C(=O)C2(C#N)CC2)C1. The lowest BCUT2D eigenvalue weighted by molar-refractivity contribution is -0.139. The maximum atomic E-state index is 12.2. The van der Waals surface area contributed by atoms with E-state index in [0.29, 0.717) is 6.54 Å². The van der Waals surface area contributed by atoms with Crippen LogP contribution in [0, 0.1) is 16.7 Å². The molecule has 0 aromatic rings. The minimum Gasteiger partial charge on any atom is -0.376 e. The Morgan fingerprint density at radius 1 is 1.59 bits per heavy atom. The molecule has 1 aliphatic heterocycles. The van der Waals surface area contributed by atoms with E-state index >= 15 is 0 Å². The van der Waals surface area contributed by atoms with Gasteiger partial charge in [-0.2, -0.15) is 5.26 Å². The molecule has 1 aliphatic carbocycles. The van der Waals surface area contributed by atoms with Crippen molar-refractivity contribution in [1.29, 1.82) is 5.26 Å². The van der Waals surface area contributed by atoms with Crippen molar-refractivity contribution in [2.75, 3.05) is 19.7 Å². The zero-order chi connectivity index (χ0) is 12.3. The van der Waals surface area contributed by atoms with Crippen LogP contribution in [0.2, 0.25) is 0 Å². The smallest absolute Gasteiger partial charge is 0.243 e. The van der Waals surface area contributed by atoms with Gasteiger partial charge in [0.15, 0.2) is 0 Å². The third-order valence-electron chi connectivity index (χ3n) is 3.60. The molecule has 2 aliphatic rings. The van der Waals surface area contributed by atoms with Crippen LogP contribution in [0.1, 0.15) is 39.0 Å². The number of carbonyl (C=O) groups excluding carboxylic acids is 1. The lowest BCUT2D eigenvalue weighted by Crippen LogP contribution is -2.46. The first-order valence-corrected chi connectivity index (χ1v) is 6.54. The predicted molar refractivity (Wildman–Crippen MR) is 63.1 cm³/mol. The van der Waals surface area contributed by atoms with Crippen LogP contribution in [0.4, 0.5) is 0 Å². The van der Waals surface area contributed by atoms with Crippen molar-refractivity contribution < 1.29 is 9.53 Å². The summed E-state index contributed by atoms with van der Waals surface area (Å²) in [6.45, 7) is 4.30. The van der Waals surface area contributed by atoms with Crippen LogP contribution in [0.3, 0.4) is 0 Å². The second kappa shape index (κ2) is 5.05. The lowest BCUT2D eigenvalue weighted by atomic mass is 10.0. The predicted octanol–water partition coefficient (Wildman–Crippen LogP) is 1.71. The second-order valence-corrected chi connectivity index (χ2v) is 5.08. The Labute approximate surface area is 103 Å². The van der Waals surface area contributed by atoms with E-state index in [1.807, 2.05) is 4.90 Å². The van der Waals surface area contributed by atoms with Crippen LogP contribution < -0.4 is 0 Å². The molecule has 2 rings (SSSR count). The van der Waals surface area contributed by atoms with Gasteiger partial charge in [0.1, 0.15) is 5.41 Å². The fourth-order valence-electron chi connectivity index (χ4n) is 2.34. The third-order valence-corrected chi connectivity index (χ3v) is 3.60. The van der Waals surface area contributed by atoms with E-state index in [1.165, 1.54) is 0 Å². The summed E-state index contributed by atoms with van der Waals surface area (Å²) in [5.74, 6) is 0.0322. The van der Waals surface area contributed by atoms with Crippen molar-refractivity contribution in [3.8, 4) is 6.07 Å². The first kappa shape index (κ1) is 12.4. The highest BCUT2D eigenvalue weighted by Crippen LogP contribution is 2.46. The standard InChI is InChI=1S/C13H20N2O2/c1-2-8-17-11-4-3-7-15(9-11)12(16)13(10-14)5-6-13/h11H,2-9H2,1H3. The summed E-state index contributed by atoms with van der Waals surface area (Å²) in [6.07, 6.45) is 4.66. The molecule has 1 saturated carbocycles. The molecule has 1 saturated heterocycles. The first-order valence-electron chi connectivity index (χ1n) is 6.54. The van der Waals surface area contributed by atoms with E-state index in [4.69, 9.17) is 10.00 Å². The van der Waals surface area contributed by atoms with E-state index in [0.717, 1.165) is 45.3 Å². The molecular formula is C13H20N2O2. The van der Waals surface area contributed by atoms with Crippen LogP contribution in [-0.4, -0.2) is 36.6 Å². The van der Waals surface area contributed by atoms with E-state index in [1.54, 1.807) is 0 Å². The number of likely N-dealkylation sites (tertiary alicyclic amines) is 1. The van der Waals surface area contributed by atoms with Gasteiger partial charge in [-0.25, -0.2) is 0 Å². The summed E-state index contributed by atoms with van der Waals surface area (Å²) in [7, 11) is 0. The van der Waals surface area contributed by atoms with Crippen LogP contribution in [0.15, 0.2) is 0 Å². The number of amides is 1. The Kier molecular flexibility index (Phi) is 3.68. The fourth-order valence-corrected chi connectivity index (χ4v) is 2.34. The van der Waals surface area contributed by atoms with Gasteiger partial charge in [-0.05, 0) is 32.1 Å². The van der Waals surface area contributed by atoms with E-state index in [-0.39, 0.29) is 12.0 Å². The van der Waals surface area contributed by atoms with Crippen LogP contribution in [-0.2, 0) is 9.53 Å². The molecule has 0 aromatic heterocycles. The number of piperidine rings is 1. The zero-order valence-corrected chi connectivity index (χ0v) is 10.4. The molecule has 1 amide bonds. The number of nitrogens with zero attached hydrogens (tertiary/aromatic N) is 2. The highest BCUT2D eigenvalue weighted by Gasteiger charge is 2.52. The summed E-state index contributed by atoms with van der Waals surface area (Å²) in [4.78, 5) is 14.0. The molecule has 4 nitrogen and oxygen atoms in total. The highest BCUT2D eigenvalue weighted by atomic mass is 16.5. The number of hydrogen-bond donors (Lipinski definition) is 0. The molecule has 1 atom stereocenters. The number of rotatable bonds is 4. The van der Waals surface area contributed by atoms with Crippen molar-refractivity contribution in [1.82, 2.24) is 4.90 Å². The Balaban J connectivity index is 1.89. The average Bonchev–Trinajstić information content (AvgIpc) is 3.17. The summed E-state index contributed by atoms with van der Waals surface area (Å²) in [5.41, 5.74) is -0.674. The second-order valence-electron chi connectivity index (χ2n) is 5.08. The first-order chi connectivity index (χ1) is 8.22. The number of carbonyl (C=O) groups is 1. The Morgan fingerprint density at radius 3 is 2.94 bits per heavy atom. The number of ether oxygens (including phenoxy) is 1. The van der Waals surface area contributed by atoms with Gasteiger partial charge in [-0.3, -0.25) is 4.79 Å². The number of hydrogen-bond acceptors (Lipinski definition) is 3. The molecule has 0 spiro atoms. The van der Waals surface area contributed by atoms with Gasteiger partial charge in [0, 0.05) is 19.7 Å². The largest absolute Gasteiger partial charge is 0.376 e. The van der Waals surface area contributed by atoms with Gasteiger partial charge in [0.25, 0.3) is 0 Å². The zero-order valence-electron chi connectivity index (χ0n) is 10.4. The van der Waals surface area contributed by atoms with Crippen LogP contribution in [0.5, 0.6) is 0 Å². The van der Waals surface area contributed by atoms with Gasteiger partial charge in [-0.1, -0.05) is 6.92 Å². The average molecular weight is 236 g/mol. The van der Waals surface area contributed by atoms with E-state index in [9.17, 15) is 4.79 Å². The molecule has 1 unspecified atom stereocenters. The van der Waals surface area contributed by atoms with E-state index < -0.39 is 5.41 Å². The topological polar surface area (TPSA) is 53.3 Å². The lowest BCUT2D eigenvalue weighted by Gasteiger charge is -2.33. The van der Waals surface area contributed by atoms with Gasteiger partial charge in [-0.15, -0.1) is 0 Å². The van der Waals surface area contributed by atoms with Crippen molar-refractivity contribution in [3.05, 3.63) is 0 Å². The molecule has 0 aromatic carbocycles. The summed E-state index contributed by atoms with van der Waals surface area (Å²) >= 11 is 0. The fraction of sp³-hybridized carbons (Fsp3) is 0.846. The van der Waals surface area contributed by atoms with Gasteiger partial charge < -0.3 is 9.64 Å². The molecule has 4 heteroatoms. The van der Waals surface area contributed by atoms with Gasteiger partial charge in [0.05, 0.1) is 12.2 Å². The molecule has 94 valence electrons. The molecule has 0 N–H and O–H groups in total. The summed E-state index contributed by atoms with van der Waals surface area (Å²) < 4.78 is 5.70. The van der Waals surface area contributed by atoms with E-state index in [2.05, 4.69) is 13.0 Å². The Bertz CT molecular complexity index is 331. The van der Waals surface area contributed by atoms with Crippen molar-refractivity contribution in [2.24, 2.45) is 5.41 Å². The number of nitriles is 1. The highest BCUT2D eigenvalue weighted by molar-refractivity contribution is 5.88. The maximum absolute atomic E-state index is 12.2. The molecule has 0 radical (unpaired) electrons. The summed E-state index contributed by atoms with van der Waals surface area (Å²) in [5, 5.41) is 9.04. The molecule has 1 heterocycles. The summed E-state index contributed by atoms with van der Waals surface area (Å²) in [6, 6.07) is 2.18. The molecule has 2 fully saturated rings. The van der Waals surface area contributed by atoms with Crippen molar-refractivity contribution >= 4 is 5.91 Å². The molecule has 0 bridgehead atoms.